The molecule has 0 spiro atoms. The number of hydrogen-bond donors (Lipinski definition) is 2. The van der Waals surface area contributed by atoms with Gasteiger partial charge in [-0.2, -0.15) is 0 Å². The highest BCUT2D eigenvalue weighted by atomic mass is 16.5. The minimum atomic E-state index is 0.000349. The summed E-state index contributed by atoms with van der Waals surface area (Å²) in [4.78, 5) is 4.25. The van der Waals surface area contributed by atoms with Crippen molar-refractivity contribution in [3.63, 3.8) is 0 Å². The Morgan fingerprint density at radius 3 is 2.60 bits per heavy atom. The summed E-state index contributed by atoms with van der Waals surface area (Å²) in [5.41, 5.74) is 6.80. The molecule has 0 radical (unpaired) electrons. The lowest BCUT2D eigenvalue weighted by Crippen LogP contribution is -2.13. The number of nitrogens with zero attached hydrogens (tertiary/aromatic N) is 2. The molecule has 1 heterocycles. The fraction of sp³-hybridized carbons (Fsp3) is 0.143. The predicted molar refractivity (Wildman–Crippen MR) is 74.6 cm³/mol. The Kier molecular flexibility index (Phi) is 4.05. The first-order chi connectivity index (χ1) is 9.63. The number of pyridine rings is 1. The van der Waals surface area contributed by atoms with Gasteiger partial charge < -0.3 is 20.4 Å². The molecule has 6 nitrogen and oxygen atoms in total. The van der Waals surface area contributed by atoms with E-state index in [0.29, 0.717) is 28.6 Å². The van der Waals surface area contributed by atoms with Gasteiger partial charge in [0.2, 0.25) is 5.88 Å². The maximum absolute atomic E-state index is 8.72. The van der Waals surface area contributed by atoms with Crippen LogP contribution in [0, 0.1) is 6.92 Å². The van der Waals surface area contributed by atoms with Gasteiger partial charge in [0, 0.05) is 17.3 Å². The van der Waals surface area contributed by atoms with Crippen LogP contribution in [0.3, 0.4) is 0 Å². The highest BCUT2D eigenvalue weighted by Gasteiger charge is 2.09. The Morgan fingerprint density at radius 2 is 1.95 bits per heavy atom. The third-order valence-corrected chi connectivity index (χ3v) is 2.62. The van der Waals surface area contributed by atoms with E-state index in [1.807, 2.05) is 12.1 Å². The van der Waals surface area contributed by atoms with E-state index in [9.17, 15) is 0 Å². The van der Waals surface area contributed by atoms with E-state index in [0.717, 1.165) is 0 Å². The number of oxime groups is 1. The predicted octanol–water partition coefficient (Wildman–Crippen LogP) is 2.29. The van der Waals surface area contributed by atoms with Crippen molar-refractivity contribution in [1.82, 2.24) is 4.98 Å². The summed E-state index contributed by atoms with van der Waals surface area (Å²) in [5, 5.41) is 11.7. The molecular weight excluding hydrogens is 258 g/mol. The number of aromatic nitrogens is 1. The third-order valence-electron chi connectivity index (χ3n) is 2.62. The number of hydrogen-bond acceptors (Lipinski definition) is 5. The van der Waals surface area contributed by atoms with Crippen LogP contribution in [0.5, 0.6) is 17.4 Å². The van der Waals surface area contributed by atoms with Crippen LogP contribution < -0.4 is 15.2 Å². The fourth-order valence-corrected chi connectivity index (χ4v) is 1.71. The highest BCUT2D eigenvalue weighted by molar-refractivity contribution is 5.97. The zero-order valence-electron chi connectivity index (χ0n) is 11.2. The van der Waals surface area contributed by atoms with E-state index in [1.165, 1.54) is 0 Å². The quantitative estimate of drug-likeness (QED) is 0.386. The molecule has 6 heteroatoms. The average Bonchev–Trinajstić information content (AvgIpc) is 2.46. The lowest BCUT2D eigenvalue weighted by Gasteiger charge is -2.10. The van der Waals surface area contributed by atoms with Crippen molar-refractivity contribution in [3.8, 4) is 17.4 Å². The van der Waals surface area contributed by atoms with Crippen LogP contribution in [0.4, 0.5) is 0 Å². The third kappa shape index (κ3) is 2.97. The van der Waals surface area contributed by atoms with E-state index in [2.05, 4.69) is 10.1 Å². The van der Waals surface area contributed by atoms with Crippen molar-refractivity contribution in [2.45, 2.75) is 6.92 Å². The van der Waals surface area contributed by atoms with E-state index >= 15 is 0 Å². The van der Waals surface area contributed by atoms with Gasteiger partial charge in [0.05, 0.1) is 7.11 Å². The van der Waals surface area contributed by atoms with Gasteiger partial charge in [-0.25, -0.2) is 4.98 Å². The first kappa shape index (κ1) is 13.7. The molecule has 0 aliphatic rings. The summed E-state index contributed by atoms with van der Waals surface area (Å²) in [6.45, 7) is 1.79. The number of rotatable bonds is 4. The molecule has 0 saturated carbocycles. The SMILES string of the molecule is COc1ccccc1Oc1cc(/C(N)=N/O)cc(C)n1. The normalized spacial score (nSPS) is 11.2. The number of aryl methyl sites for hydroxylation is 1. The molecule has 0 aliphatic heterocycles. The Balaban J connectivity index is 2.36. The number of para-hydroxylation sites is 2. The van der Waals surface area contributed by atoms with Crippen LogP contribution in [0.25, 0.3) is 0 Å². The van der Waals surface area contributed by atoms with Gasteiger partial charge in [-0.05, 0) is 25.1 Å². The van der Waals surface area contributed by atoms with Crippen molar-refractivity contribution < 1.29 is 14.7 Å². The van der Waals surface area contributed by atoms with Gasteiger partial charge >= 0.3 is 0 Å². The first-order valence-electron chi connectivity index (χ1n) is 5.91. The largest absolute Gasteiger partial charge is 0.493 e. The van der Waals surface area contributed by atoms with Crippen LogP contribution in [0.1, 0.15) is 11.3 Å². The number of benzene rings is 1. The number of amidine groups is 1. The second kappa shape index (κ2) is 5.92. The standard InChI is InChI=1S/C14H15N3O3/c1-9-7-10(14(15)17-18)8-13(16-9)20-12-6-4-3-5-11(12)19-2/h3-8,18H,1-2H3,(H2,15,17). The van der Waals surface area contributed by atoms with Crippen molar-refractivity contribution in [2.75, 3.05) is 7.11 Å². The summed E-state index contributed by atoms with van der Waals surface area (Å²) in [5.74, 6) is 1.48. The molecule has 20 heavy (non-hydrogen) atoms. The Bertz CT molecular complexity index is 641. The molecule has 0 amide bonds. The van der Waals surface area contributed by atoms with Gasteiger partial charge in [0.1, 0.15) is 0 Å². The summed E-state index contributed by atoms with van der Waals surface area (Å²) in [6, 6.07) is 10.5. The molecule has 0 atom stereocenters. The molecule has 104 valence electrons. The van der Waals surface area contributed by atoms with Gasteiger partial charge in [0.25, 0.3) is 0 Å². The van der Waals surface area contributed by atoms with E-state index < -0.39 is 0 Å². The smallest absolute Gasteiger partial charge is 0.220 e. The van der Waals surface area contributed by atoms with Crippen LogP contribution in [0.15, 0.2) is 41.6 Å². The van der Waals surface area contributed by atoms with Crippen LogP contribution >= 0.6 is 0 Å². The van der Waals surface area contributed by atoms with Gasteiger partial charge in [-0.15, -0.1) is 0 Å². The molecule has 1 aromatic heterocycles. The molecule has 0 saturated heterocycles. The van der Waals surface area contributed by atoms with Crippen LogP contribution in [-0.2, 0) is 0 Å². The summed E-state index contributed by atoms with van der Waals surface area (Å²) < 4.78 is 10.9. The number of methoxy groups -OCH3 is 1. The first-order valence-corrected chi connectivity index (χ1v) is 5.91. The van der Waals surface area contributed by atoms with Crippen molar-refractivity contribution in [1.29, 1.82) is 0 Å². The van der Waals surface area contributed by atoms with E-state index in [4.69, 9.17) is 20.4 Å². The molecule has 0 unspecified atom stereocenters. The molecule has 2 aromatic rings. The second-order valence-corrected chi connectivity index (χ2v) is 4.07. The monoisotopic (exact) mass is 273 g/mol. The lowest BCUT2D eigenvalue weighted by atomic mass is 10.2. The summed E-state index contributed by atoms with van der Waals surface area (Å²) >= 11 is 0. The maximum atomic E-state index is 8.72. The minimum Gasteiger partial charge on any atom is -0.493 e. The van der Waals surface area contributed by atoms with Gasteiger partial charge in [-0.3, -0.25) is 0 Å². The minimum absolute atomic E-state index is 0.000349. The molecule has 2 rings (SSSR count). The molecule has 0 aliphatic carbocycles. The summed E-state index contributed by atoms with van der Waals surface area (Å²) in [7, 11) is 1.56. The Morgan fingerprint density at radius 1 is 1.25 bits per heavy atom. The van der Waals surface area contributed by atoms with Crippen LogP contribution in [-0.4, -0.2) is 23.1 Å². The number of nitrogens with two attached hydrogens (primary N) is 1. The topological polar surface area (TPSA) is 90.0 Å². The highest BCUT2D eigenvalue weighted by Crippen LogP contribution is 2.30. The zero-order valence-corrected chi connectivity index (χ0v) is 11.2. The maximum Gasteiger partial charge on any atom is 0.220 e. The van der Waals surface area contributed by atoms with Crippen molar-refractivity contribution in [3.05, 3.63) is 47.7 Å². The fourth-order valence-electron chi connectivity index (χ4n) is 1.71. The molecule has 0 bridgehead atoms. The summed E-state index contributed by atoms with van der Waals surface area (Å²) in [6.07, 6.45) is 0. The second-order valence-electron chi connectivity index (χ2n) is 4.07. The Labute approximate surface area is 116 Å². The molecule has 3 N–H and O–H groups in total. The molecule has 1 aromatic carbocycles. The average molecular weight is 273 g/mol. The van der Waals surface area contributed by atoms with Gasteiger partial charge in [0.15, 0.2) is 17.3 Å². The Hall–Kier alpha value is -2.76. The van der Waals surface area contributed by atoms with Crippen molar-refractivity contribution >= 4 is 5.84 Å². The number of ether oxygens (including phenoxy) is 2. The zero-order chi connectivity index (χ0) is 14.5. The van der Waals surface area contributed by atoms with E-state index in [-0.39, 0.29) is 5.84 Å². The van der Waals surface area contributed by atoms with E-state index in [1.54, 1.807) is 38.3 Å². The molecular formula is C14H15N3O3. The van der Waals surface area contributed by atoms with Gasteiger partial charge in [-0.1, -0.05) is 17.3 Å². The molecule has 0 fully saturated rings. The van der Waals surface area contributed by atoms with Crippen LogP contribution in [0.2, 0.25) is 0 Å². The van der Waals surface area contributed by atoms with Crippen molar-refractivity contribution in [2.24, 2.45) is 10.9 Å². The lowest BCUT2D eigenvalue weighted by molar-refractivity contribution is 0.318.